The van der Waals surface area contributed by atoms with Gasteiger partial charge in [0.2, 0.25) is 0 Å². The summed E-state index contributed by atoms with van der Waals surface area (Å²) in [5.74, 6) is 0. The van der Waals surface area contributed by atoms with Crippen LogP contribution >= 0.6 is 11.3 Å². The van der Waals surface area contributed by atoms with Gasteiger partial charge in [-0.2, -0.15) is 0 Å². The minimum atomic E-state index is 1.10. The summed E-state index contributed by atoms with van der Waals surface area (Å²) in [5, 5.41) is 7.60. The standard InChI is InChI=1S/C56H37NS/c1-3-17-38(18-4-1)43-22-9-12-26-48(43)55-45(39-19-5-2-6-20-39)28-15-29-51(55)57(52-30-16-32-54-56(52)49-27-13-14-31-53(49)58-54)42-35-33-40(34-36-42)50-37-41-21-7-8-23-44(41)46-24-10-11-25-47(46)50/h1-37H. The van der Waals surface area contributed by atoms with E-state index < -0.39 is 0 Å². The van der Waals surface area contributed by atoms with Gasteiger partial charge in [-0.05, 0) is 103 Å². The van der Waals surface area contributed by atoms with Crippen molar-refractivity contribution in [2.24, 2.45) is 0 Å². The van der Waals surface area contributed by atoms with Crippen molar-refractivity contribution in [3.05, 3.63) is 224 Å². The zero-order valence-corrected chi connectivity index (χ0v) is 32.5. The highest BCUT2D eigenvalue weighted by Crippen LogP contribution is 2.51. The van der Waals surface area contributed by atoms with Crippen molar-refractivity contribution in [3.8, 4) is 44.5 Å². The maximum absolute atomic E-state index is 2.51. The van der Waals surface area contributed by atoms with Crippen LogP contribution in [0.2, 0.25) is 0 Å². The average molecular weight is 756 g/mol. The molecule has 0 radical (unpaired) electrons. The van der Waals surface area contributed by atoms with E-state index in [2.05, 4.69) is 229 Å². The van der Waals surface area contributed by atoms with E-state index in [-0.39, 0.29) is 0 Å². The van der Waals surface area contributed by atoms with Crippen LogP contribution in [0.4, 0.5) is 17.1 Å². The molecule has 10 aromatic carbocycles. The Hall–Kier alpha value is -7.26. The molecule has 0 N–H and O–H groups in total. The van der Waals surface area contributed by atoms with Gasteiger partial charge in [0.1, 0.15) is 0 Å². The van der Waals surface area contributed by atoms with E-state index >= 15 is 0 Å². The highest BCUT2D eigenvalue weighted by Gasteiger charge is 2.25. The van der Waals surface area contributed by atoms with Crippen molar-refractivity contribution in [2.45, 2.75) is 0 Å². The second kappa shape index (κ2) is 14.4. The molecule has 1 aromatic heterocycles. The minimum absolute atomic E-state index is 1.10. The van der Waals surface area contributed by atoms with E-state index in [1.54, 1.807) is 0 Å². The SMILES string of the molecule is c1ccc(-c2ccccc2-c2c(-c3ccccc3)cccc2N(c2ccc(-c3cc4ccccc4c4ccccc34)cc2)c2cccc3sc4ccccc4c23)cc1. The molecule has 11 rings (SSSR count). The van der Waals surface area contributed by atoms with Crippen LogP contribution in [0.1, 0.15) is 0 Å². The zero-order chi connectivity index (χ0) is 38.4. The van der Waals surface area contributed by atoms with Gasteiger partial charge in [-0.25, -0.2) is 0 Å². The Labute approximate surface area is 342 Å². The number of benzene rings is 10. The molecular formula is C56H37NS. The van der Waals surface area contributed by atoms with Crippen LogP contribution in [0.3, 0.4) is 0 Å². The van der Waals surface area contributed by atoms with E-state index in [1.807, 2.05) is 11.3 Å². The van der Waals surface area contributed by atoms with Crippen LogP contribution in [0, 0.1) is 0 Å². The molecule has 0 spiro atoms. The maximum atomic E-state index is 2.51. The Kier molecular flexibility index (Phi) is 8.42. The molecule has 0 fully saturated rings. The molecule has 0 saturated heterocycles. The number of hydrogen-bond donors (Lipinski definition) is 0. The number of fused-ring (bicyclic) bond motifs is 6. The first kappa shape index (κ1) is 34.0. The molecule has 0 amide bonds. The molecule has 0 saturated carbocycles. The Morgan fingerprint density at radius 3 is 1.62 bits per heavy atom. The van der Waals surface area contributed by atoms with Crippen molar-refractivity contribution >= 4 is 70.1 Å². The first-order valence-corrected chi connectivity index (χ1v) is 20.7. The monoisotopic (exact) mass is 755 g/mol. The molecule has 0 bridgehead atoms. The molecule has 0 atom stereocenters. The van der Waals surface area contributed by atoms with E-state index in [0.717, 1.165) is 17.1 Å². The average Bonchev–Trinajstić information content (AvgIpc) is 3.69. The minimum Gasteiger partial charge on any atom is -0.309 e. The Morgan fingerprint density at radius 1 is 0.310 bits per heavy atom. The maximum Gasteiger partial charge on any atom is 0.0555 e. The predicted molar refractivity (Wildman–Crippen MR) is 251 cm³/mol. The Bertz CT molecular complexity index is 3270. The number of rotatable bonds is 7. The van der Waals surface area contributed by atoms with Crippen LogP contribution in [-0.4, -0.2) is 0 Å². The Morgan fingerprint density at radius 2 is 0.845 bits per heavy atom. The molecule has 11 aromatic rings. The molecule has 1 nitrogen and oxygen atoms in total. The quantitative estimate of drug-likeness (QED) is 0.146. The molecule has 1 heterocycles. The third-order valence-electron chi connectivity index (χ3n) is 11.5. The number of nitrogens with zero attached hydrogens (tertiary/aromatic N) is 1. The lowest BCUT2D eigenvalue weighted by Crippen LogP contribution is -2.12. The first-order valence-electron chi connectivity index (χ1n) is 19.8. The van der Waals surface area contributed by atoms with Crippen LogP contribution in [0.25, 0.3) is 86.2 Å². The zero-order valence-electron chi connectivity index (χ0n) is 31.7. The fourth-order valence-corrected chi connectivity index (χ4v) is 10.00. The number of thiophene rings is 1. The summed E-state index contributed by atoms with van der Waals surface area (Å²) >= 11 is 1.86. The molecule has 272 valence electrons. The van der Waals surface area contributed by atoms with Gasteiger partial charge >= 0.3 is 0 Å². The van der Waals surface area contributed by atoms with Gasteiger partial charge < -0.3 is 4.90 Å². The lowest BCUT2D eigenvalue weighted by molar-refractivity contribution is 1.30. The summed E-state index contributed by atoms with van der Waals surface area (Å²) in [6.07, 6.45) is 0. The van der Waals surface area contributed by atoms with Crippen LogP contribution < -0.4 is 4.90 Å². The molecule has 58 heavy (non-hydrogen) atoms. The second-order valence-electron chi connectivity index (χ2n) is 14.8. The third-order valence-corrected chi connectivity index (χ3v) is 12.6. The van der Waals surface area contributed by atoms with Crippen molar-refractivity contribution in [3.63, 3.8) is 0 Å². The molecule has 2 heteroatoms. The third kappa shape index (κ3) is 5.77. The van der Waals surface area contributed by atoms with Crippen LogP contribution in [0.5, 0.6) is 0 Å². The van der Waals surface area contributed by atoms with Gasteiger partial charge in [-0.3, -0.25) is 0 Å². The lowest BCUT2D eigenvalue weighted by atomic mass is 9.87. The first-order chi connectivity index (χ1) is 28.8. The van der Waals surface area contributed by atoms with Gasteiger partial charge in [-0.15, -0.1) is 11.3 Å². The topological polar surface area (TPSA) is 3.24 Å². The highest BCUT2D eigenvalue weighted by molar-refractivity contribution is 7.26. The van der Waals surface area contributed by atoms with Gasteiger partial charge in [0.25, 0.3) is 0 Å². The summed E-state index contributed by atoms with van der Waals surface area (Å²) < 4.78 is 2.56. The lowest BCUT2D eigenvalue weighted by Gasteiger charge is -2.30. The largest absolute Gasteiger partial charge is 0.309 e. The summed E-state index contributed by atoms with van der Waals surface area (Å²) in [4.78, 5) is 2.51. The van der Waals surface area contributed by atoms with Gasteiger partial charge in [-0.1, -0.05) is 182 Å². The summed E-state index contributed by atoms with van der Waals surface area (Å²) in [5.41, 5.74) is 12.9. The molecule has 0 unspecified atom stereocenters. The second-order valence-corrected chi connectivity index (χ2v) is 15.9. The molecule has 0 aliphatic rings. The predicted octanol–water partition coefficient (Wildman–Crippen LogP) is 16.5. The van der Waals surface area contributed by atoms with Crippen molar-refractivity contribution in [1.29, 1.82) is 0 Å². The number of anilines is 3. The summed E-state index contributed by atoms with van der Waals surface area (Å²) in [6, 6.07) is 82.0. The fourth-order valence-electron chi connectivity index (χ4n) is 8.87. The van der Waals surface area contributed by atoms with Crippen molar-refractivity contribution in [1.82, 2.24) is 0 Å². The van der Waals surface area contributed by atoms with E-state index in [4.69, 9.17) is 0 Å². The normalized spacial score (nSPS) is 11.4. The fraction of sp³-hybridized carbons (Fsp3) is 0. The van der Waals surface area contributed by atoms with Crippen molar-refractivity contribution < 1.29 is 0 Å². The van der Waals surface area contributed by atoms with E-state index in [1.165, 1.54) is 86.2 Å². The number of hydrogen-bond acceptors (Lipinski definition) is 2. The Balaban J connectivity index is 1.20. The van der Waals surface area contributed by atoms with E-state index in [0.29, 0.717) is 0 Å². The van der Waals surface area contributed by atoms with Crippen LogP contribution in [-0.2, 0) is 0 Å². The van der Waals surface area contributed by atoms with Crippen molar-refractivity contribution in [2.75, 3.05) is 4.90 Å². The van der Waals surface area contributed by atoms with E-state index in [9.17, 15) is 0 Å². The molecule has 0 aliphatic heterocycles. The smallest absolute Gasteiger partial charge is 0.0555 e. The highest BCUT2D eigenvalue weighted by atomic mass is 32.1. The van der Waals surface area contributed by atoms with Gasteiger partial charge in [0.15, 0.2) is 0 Å². The van der Waals surface area contributed by atoms with Gasteiger partial charge in [0, 0.05) is 31.4 Å². The van der Waals surface area contributed by atoms with Gasteiger partial charge in [0.05, 0.1) is 11.4 Å². The summed E-state index contributed by atoms with van der Waals surface area (Å²) in [7, 11) is 0. The summed E-state index contributed by atoms with van der Waals surface area (Å²) in [6.45, 7) is 0. The van der Waals surface area contributed by atoms with Crippen LogP contribution in [0.15, 0.2) is 224 Å². The molecule has 0 aliphatic carbocycles. The molecular weight excluding hydrogens is 719 g/mol.